The third-order valence-electron chi connectivity index (χ3n) is 4.69. The monoisotopic (exact) mass is 511 g/mol. The molecule has 0 unspecified atom stereocenters. The first kappa shape index (κ1) is 22.1. The highest BCUT2D eigenvalue weighted by Gasteiger charge is 2.31. The number of nitrogens with zero attached hydrogens (tertiary/aromatic N) is 2. The second-order valence-electron chi connectivity index (χ2n) is 6.48. The van der Waals surface area contributed by atoms with E-state index in [0.29, 0.717) is 5.69 Å². The maximum atomic E-state index is 12.9. The molecule has 148 valence electrons. The van der Waals surface area contributed by atoms with Gasteiger partial charge in [0, 0.05) is 47.7 Å². The quantitative estimate of drug-likeness (QED) is 0.478. The summed E-state index contributed by atoms with van der Waals surface area (Å²) in [4.78, 5) is 4.38. The topological polar surface area (TPSA) is 32.5 Å². The standard InChI is InChI=1S/C19H21F3IN3.ClH/c20-19(21,22)15-2-1-3-16(13-15)26-10-8-25(9-11-26)7-6-14-4-5-18(24)17(23)12-14;/h1-5,12-13H,6-11,24H2;1H. The van der Waals surface area contributed by atoms with Crippen LogP contribution in [0.2, 0.25) is 0 Å². The van der Waals surface area contributed by atoms with Crippen molar-refractivity contribution >= 4 is 46.4 Å². The minimum atomic E-state index is -4.30. The first-order valence-electron chi connectivity index (χ1n) is 8.51. The average Bonchev–Trinajstić information content (AvgIpc) is 2.62. The molecule has 1 fully saturated rings. The number of nitrogens with two attached hydrogens (primary N) is 1. The lowest BCUT2D eigenvalue weighted by atomic mass is 10.1. The van der Waals surface area contributed by atoms with Crippen molar-refractivity contribution in [3.63, 3.8) is 0 Å². The number of hydrogen-bond acceptors (Lipinski definition) is 3. The second kappa shape index (κ2) is 9.34. The van der Waals surface area contributed by atoms with Crippen LogP contribution in [-0.4, -0.2) is 37.6 Å². The van der Waals surface area contributed by atoms with Crippen molar-refractivity contribution in [2.24, 2.45) is 0 Å². The maximum absolute atomic E-state index is 12.9. The summed E-state index contributed by atoms with van der Waals surface area (Å²) in [5.41, 5.74) is 7.95. The molecule has 8 heteroatoms. The summed E-state index contributed by atoms with van der Waals surface area (Å²) in [6, 6.07) is 11.7. The lowest BCUT2D eigenvalue weighted by Crippen LogP contribution is -2.47. The van der Waals surface area contributed by atoms with Crippen molar-refractivity contribution in [1.82, 2.24) is 4.90 Å². The van der Waals surface area contributed by atoms with Gasteiger partial charge in [-0.2, -0.15) is 13.2 Å². The van der Waals surface area contributed by atoms with Gasteiger partial charge in [-0.3, -0.25) is 4.90 Å². The SMILES string of the molecule is Cl.Nc1ccc(CCN2CCN(c3cccc(C(F)(F)F)c3)CC2)cc1I. The third-order valence-corrected chi connectivity index (χ3v) is 5.63. The Kier molecular flexibility index (Phi) is 7.64. The first-order chi connectivity index (χ1) is 12.3. The van der Waals surface area contributed by atoms with Crippen molar-refractivity contribution in [3.8, 4) is 0 Å². The van der Waals surface area contributed by atoms with Crippen LogP contribution in [0, 0.1) is 3.57 Å². The van der Waals surface area contributed by atoms with Crippen LogP contribution in [0.3, 0.4) is 0 Å². The van der Waals surface area contributed by atoms with Gasteiger partial charge in [0.2, 0.25) is 0 Å². The first-order valence-corrected chi connectivity index (χ1v) is 9.59. The number of halogens is 5. The molecule has 2 aromatic rings. The molecule has 1 saturated heterocycles. The number of nitrogen functional groups attached to an aromatic ring is 1. The number of anilines is 2. The van der Waals surface area contributed by atoms with Gasteiger partial charge in [0.1, 0.15) is 0 Å². The number of alkyl halides is 3. The predicted molar refractivity (Wildman–Crippen MR) is 115 cm³/mol. The fraction of sp³-hybridized carbons (Fsp3) is 0.368. The molecule has 2 N–H and O–H groups in total. The summed E-state index contributed by atoms with van der Waals surface area (Å²) in [5, 5.41) is 0. The van der Waals surface area contributed by atoms with Gasteiger partial charge < -0.3 is 10.6 Å². The molecule has 0 spiro atoms. The summed E-state index contributed by atoms with van der Waals surface area (Å²) in [6.07, 6.45) is -3.35. The van der Waals surface area contributed by atoms with Crippen molar-refractivity contribution in [3.05, 3.63) is 57.2 Å². The Hall–Kier alpha value is -1.19. The molecule has 0 amide bonds. The summed E-state index contributed by atoms with van der Waals surface area (Å²) in [5.74, 6) is 0. The average molecular weight is 512 g/mol. The minimum absolute atomic E-state index is 0. The van der Waals surface area contributed by atoms with Gasteiger partial charge in [-0.25, -0.2) is 0 Å². The molecule has 0 aromatic heterocycles. The van der Waals surface area contributed by atoms with E-state index in [9.17, 15) is 13.2 Å². The molecule has 1 aliphatic rings. The van der Waals surface area contributed by atoms with Crippen LogP contribution in [0.4, 0.5) is 24.5 Å². The molecule has 0 aliphatic carbocycles. The molecule has 27 heavy (non-hydrogen) atoms. The van der Waals surface area contributed by atoms with Gasteiger partial charge in [-0.15, -0.1) is 12.4 Å². The van der Waals surface area contributed by atoms with Crippen molar-refractivity contribution in [2.75, 3.05) is 43.4 Å². The van der Waals surface area contributed by atoms with E-state index in [1.165, 1.54) is 17.7 Å². The zero-order chi connectivity index (χ0) is 18.7. The molecule has 0 atom stereocenters. The number of rotatable bonds is 4. The predicted octanol–water partition coefficient (Wildman–Crippen LogP) is 4.68. The lowest BCUT2D eigenvalue weighted by molar-refractivity contribution is -0.137. The molecule has 3 nitrogen and oxygen atoms in total. The highest BCUT2D eigenvalue weighted by Crippen LogP contribution is 2.31. The van der Waals surface area contributed by atoms with Gasteiger partial charge >= 0.3 is 6.18 Å². The Bertz CT molecular complexity index is 762. The van der Waals surface area contributed by atoms with Crippen LogP contribution in [-0.2, 0) is 12.6 Å². The molecule has 0 bridgehead atoms. The fourth-order valence-corrected chi connectivity index (χ4v) is 3.70. The van der Waals surface area contributed by atoms with Crippen LogP contribution in [0.5, 0.6) is 0 Å². The van der Waals surface area contributed by atoms with Crippen molar-refractivity contribution in [2.45, 2.75) is 12.6 Å². The van der Waals surface area contributed by atoms with Crippen LogP contribution in [0.15, 0.2) is 42.5 Å². The lowest BCUT2D eigenvalue weighted by Gasteiger charge is -2.36. The Labute approximate surface area is 177 Å². The van der Waals surface area contributed by atoms with E-state index in [0.717, 1.165) is 54.5 Å². The summed E-state index contributed by atoms with van der Waals surface area (Å²) < 4.78 is 39.7. The molecular formula is C19H22ClF3IN3. The number of piperazine rings is 1. The summed E-state index contributed by atoms with van der Waals surface area (Å²) in [7, 11) is 0. The molecule has 1 heterocycles. The largest absolute Gasteiger partial charge is 0.416 e. The van der Waals surface area contributed by atoms with Crippen molar-refractivity contribution < 1.29 is 13.2 Å². The van der Waals surface area contributed by atoms with E-state index in [1.54, 1.807) is 6.07 Å². The zero-order valence-electron chi connectivity index (χ0n) is 14.7. The van der Waals surface area contributed by atoms with Crippen LogP contribution in [0.1, 0.15) is 11.1 Å². The summed E-state index contributed by atoms with van der Waals surface area (Å²) in [6.45, 7) is 4.11. The third kappa shape index (κ3) is 5.89. The zero-order valence-corrected chi connectivity index (χ0v) is 17.6. The number of hydrogen-bond donors (Lipinski definition) is 1. The highest BCUT2D eigenvalue weighted by atomic mass is 127. The van der Waals surface area contributed by atoms with Gasteiger partial charge in [-0.05, 0) is 64.9 Å². The van der Waals surface area contributed by atoms with Crippen LogP contribution < -0.4 is 10.6 Å². The Morgan fingerprint density at radius 2 is 1.70 bits per heavy atom. The van der Waals surface area contributed by atoms with Crippen LogP contribution in [0.25, 0.3) is 0 Å². The van der Waals surface area contributed by atoms with E-state index in [4.69, 9.17) is 5.73 Å². The van der Waals surface area contributed by atoms with Gasteiger partial charge in [0.05, 0.1) is 5.56 Å². The van der Waals surface area contributed by atoms with E-state index in [-0.39, 0.29) is 12.4 Å². The fourth-order valence-electron chi connectivity index (χ4n) is 3.12. The Morgan fingerprint density at radius 3 is 2.33 bits per heavy atom. The molecule has 0 saturated carbocycles. The second-order valence-corrected chi connectivity index (χ2v) is 7.64. The maximum Gasteiger partial charge on any atom is 0.416 e. The van der Waals surface area contributed by atoms with E-state index in [1.807, 2.05) is 11.0 Å². The molecular weight excluding hydrogens is 490 g/mol. The minimum Gasteiger partial charge on any atom is -0.398 e. The Balaban J connectivity index is 0.00000261. The smallest absolute Gasteiger partial charge is 0.398 e. The summed E-state index contributed by atoms with van der Waals surface area (Å²) >= 11 is 2.24. The van der Waals surface area contributed by atoms with Gasteiger partial charge in [0.25, 0.3) is 0 Å². The van der Waals surface area contributed by atoms with Gasteiger partial charge in [-0.1, -0.05) is 12.1 Å². The van der Waals surface area contributed by atoms with Crippen molar-refractivity contribution in [1.29, 1.82) is 0 Å². The normalized spacial score (nSPS) is 15.5. The molecule has 1 aliphatic heterocycles. The van der Waals surface area contributed by atoms with Gasteiger partial charge in [0.15, 0.2) is 0 Å². The number of benzene rings is 2. The Morgan fingerprint density at radius 1 is 1.00 bits per heavy atom. The van der Waals surface area contributed by atoms with E-state index in [2.05, 4.69) is 39.6 Å². The van der Waals surface area contributed by atoms with E-state index >= 15 is 0 Å². The highest BCUT2D eigenvalue weighted by molar-refractivity contribution is 14.1. The molecule has 2 aromatic carbocycles. The molecule has 0 radical (unpaired) electrons. The molecule has 3 rings (SSSR count). The van der Waals surface area contributed by atoms with Crippen LogP contribution >= 0.6 is 35.0 Å². The van der Waals surface area contributed by atoms with E-state index < -0.39 is 11.7 Å².